The predicted octanol–water partition coefficient (Wildman–Crippen LogP) is 1.95. The molecule has 11 heteroatoms. The Labute approximate surface area is 202 Å². The molecule has 0 spiro atoms. The van der Waals surface area contributed by atoms with E-state index in [1.54, 1.807) is 28.1 Å². The second-order valence-corrected chi connectivity index (χ2v) is 8.19. The normalized spacial score (nSPS) is 16.2. The van der Waals surface area contributed by atoms with Crippen LogP contribution < -0.4 is 11.1 Å². The number of nitrogens with one attached hydrogen (secondary N) is 1. The van der Waals surface area contributed by atoms with Gasteiger partial charge in [0.05, 0.1) is 24.4 Å². The van der Waals surface area contributed by atoms with Gasteiger partial charge in [0.15, 0.2) is 5.15 Å². The number of amides is 2. The number of hydrogen-bond acceptors (Lipinski definition) is 8. The van der Waals surface area contributed by atoms with Crippen LogP contribution in [0.1, 0.15) is 12.5 Å². The Bertz CT molecular complexity index is 1190. The number of fused-ring (bicyclic) bond motifs is 1. The minimum absolute atomic E-state index is 0.00683. The highest BCUT2D eigenvalue weighted by Crippen LogP contribution is 2.22. The first-order valence-electron chi connectivity index (χ1n) is 11.0. The Morgan fingerprint density at radius 2 is 2.12 bits per heavy atom. The molecule has 3 N–H and O–H groups in total. The van der Waals surface area contributed by atoms with Crippen LogP contribution in [0.25, 0.3) is 10.9 Å². The molecular weight excluding hydrogens is 458 g/mol. The number of piperazine rings is 1. The molecule has 10 nitrogen and oxygen atoms in total. The summed E-state index contributed by atoms with van der Waals surface area (Å²) in [5, 5.41) is 4.05. The van der Waals surface area contributed by atoms with E-state index in [1.165, 1.54) is 6.33 Å². The van der Waals surface area contributed by atoms with Crippen molar-refractivity contribution in [2.45, 2.75) is 19.5 Å². The van der Waals surface area contributed by atoms with E-state index in [0.717, 1.165) is 16.5 Å². The smallest absolute Gasteiger partial charge is 0.248 e. The molecule has 2 amide bonds. The number of halogens is 1. The van der Waals surface area contributed by atoms with Crippen molar-refractivity contribution >= 4 is 45.8 Å². The molecule has 1 aliphatic rings. The van der Waals surface area contributed by atoms with Gasteiger partial charge in [-0.15, -0.1) is 0 Å². The zero-order valence-corrected chi connectivity index (χ0v) is 19.5. The number of pyridine rings is 1. The van der Waals surface area contributed by atoms with E-state index in [4.69, 9.17) is 22.1 Å². The largest absolute Gasteiger partial charge is 0.383 e. The number of ether oxygens (including phenoxy) is 1. The van der Waals surface area contributed by atoms with Gasteiger partial charge < -0.3 is 25.6 Å². The van der Waals surface area contributed by atoms with Gasteiger partial charge in [0, 0.05) is 37.8 Å². The van der Waals surface area contributed by atoms with E-state index in [2.05, 4.69) is 20.3 Å². The second kappa shape index (κ2) is 10.6. The number of nitrogen functional groups attached to an aromatic ring is 1. The summed E-state index contributed by atoms with van der Waals surface area (Å²) < 4.78 is 5.55. The Morgan fingerprint density at radius 1 is 1.26 bits per heavy atom. The summed E-state index contributed by atoms with van der Waals surface area (Å²) in [7, 11) is 0. The summed E-state index contributed by atoms with van der Waals surface area (Å²) in [6.45, 7) is 3.62. The van der Waals surface area contributed by atoms with Gasteiger partial charge in [0.1, 0.15) is 18.2 Å². The molecule has 0 saturated carbocycles. The number of anilines is 2. The third-order valence-electron chi connectivity index (χ3n) is 5.68. The predicted molar refractivity (Wildman–Crippen MR) is 129 cm³/mol. The highest BCUT2D eigenvalue weighted by atomic mass is 35.5. The molecule has 4 rings (SSSR count). The number of aromatic nitrogens is 3. The molecule has 3 heterocycles. The van der Waals surface area contributed by atoms with Crippen molar-refractivity contribution in [3.8, 4) is 0 Å². The lowest BCUT2D eigenvalue weighted by molar-refractivity contribution is -0.154. The average molecular weight is 484 g/mol. The molecule has 2 aromatic heterocycles. The van der Waals surface area contributed by atoms with Crippen LogP contribution in [-0.2, 0) is 20.9 Å². The maximum atomic E-state index is 13.4. The van der Waals surface area contributed by atoms with Crippen molar-refractivity contribution in [1.82, 2.24) is 24.8 Å². The van der Waals surface area contributed by atoms with Gasteiger partial charge in [-0.1, -0.05) is 17.7 Å². The highest BCUT2D eigenvalue weighted by molar-refractivity contribution is 6.32. The fourth-order valence-corrected chi connectivity index (χ4v) is 4.10. The van der Waals surface area contributed by atoms with Crippen LogP contribution in [0.15, 0.2) is 42.9 Å². The van der Waals surface area contributed by atoms with Crippen molar-refractivity contribution in [3.05, 3.63) is 53.6 Å². The molecule has 0 radical (unpaired) electrons. The third kappa shape index (κ3) is 5.18. The van der Waals surface area contributed by atoms with Gasteiger partial charge in [-0.3, -0.25) is 9.59 Å². The average Bonchev–Trinajstić information content (AvgIpc) is 2.84. The first-order valence-corrected chi connectivity index (χ1v) is 11.3. The van der Waals surface area contributed by atoms with Gasteiger partial charge in [-0.05, 0) is 36.8 Å². The van der Waals surface area contributed by atoms with E-state index in [-0.39, 0.29) is 30.1 Å². The maximum Gasteiger partial charge on any atom is 0.248 e. The summed E-state index contributed by atoms with van der Waals surface area (Å²) in [5.74, 6) is 0.0444. The van der Waals surface area contributed by atoms with Gasteiger partial charge in [0.25, 0.3) is 0 Å². The molecule has 0 aliphatic carbocycles. The first kappa shape index (κ1) is 23.7. The van der Waals surface area contributed by atoms with Crippen LogP contribution in [0.3, 0.4) is 0 Å². The molecule has 1 aromatic carbocycles. The summed E-state index contributed by atoms with van der Waals surface area (Å²) >= 11 is 6.06. The van der Waals surface area contributed by atoms with Crippen LogP contribution in [-0.4, -0.2) is 75.5 Å². The van der Waals surface area contributed by atoms with E-state index < -0.39 is 6.04 Å². The number of benzene rings is 1. The molecule has 1 aliphatic heterocycles. The Hall–Kier alpha value is -3.50. The van der Waals surface area contributed by atoms with Crippen LogP contribution in [0.4, 0.5) is 11.5 Å². The Morgan fingerprint density at radius 3 is 2.91 bits per heavy atom. The fraction of sp³-hybridized carbons (Fsp3) is 0.348. The molecule has 1 fully saturated rings. The van der Waals surface area contributed by atoms with Crippen molar-refractivity contribution in [2.24, 2.45) is 0 Å². The maximum absolute atomic E-state index is 13.4. The quantitative estimate of drug-likeness (QED) is 0.465. The van der Waals surface area contributed by atoms with Crippen molar-refractivity contribution in [1.29, 1.82) is 0 Å². The monoisotopic (exact) mass is 483 g/mol. The number of rotatable bonds is 8. The zero-order chi connectivity index (χ0) is 24.1. The van der Waals surface area contributed by atoms with E-state index >= 15 is 0 Å². The van der Waals surface area contributed by atoms with Crippen LogP contribution in [0, 0.1) is 0 Å². The van der Waals surface area contributed by atoms with Gasteiger partial charge in [-0.2, -0.15) is 0 Å². The molecular formula is C23H26ClN7O3. The minimum Gasteiger partial charge on any atom is -0.383 e. The van der Waals surface area contributed by atoms with Gasteiger partial charge in [-0.25, -0.2) is 15.0 Å². The fourth-order valence-electron chi connectivity index (χ4n) is 3.92. The first-order chi connectivity index (χ1) is 16.5. The Balaban J connectivity index is 1.46. The zero-order valence-electron chi connectivity index (χ0n) is 18.8. The van der Waals surface area contributed by atoms with Crippen molar-refractivity contribution in [2.75, 3.05) is 43.9 Å². The molecule has 3 aromatic rings. The van der Waals surface area contributed by atoms with Gasteiger partial charge >= 0.3 is 0 Å². The minimum atomic E-state index is -0.703. The summed E-state index contributed by atoms with van der Waals surface area (Å²) in [6.07, 6.45) is 2.99. The Kier molecular flexibility index (Phi) is 7.39. The highest BCUT2D eigenvalue weighted by Gasteiger charge is 2.37. The molecule has 0 unspecified atom stereocenters. The number of carbonyl (C=O) groups excluding carboxylic acids is 2. The van der Waals surface area contributed by atoms with Crippen molar-refractivity contribution in [3.63, 3.8) is 0 Å². The summed E-state index contributed by atoms with van der Waals surface area (Å²) in [4.78, 5) is 41.9. The second-order valence-electron chi connectivity index (χ2n) is 7.83. The lowest BCUT2D eigenvalue weighted by Crippen LogP contribution is -2.60. The SMILES string of the molecule is CCOC[C@H]1C(=O)N(Cc2ccc3c(N)ncnc3c2)CCN1C(=O)CNc1cccnc1Cl. The summed E-state index contributed by atoms with van der Waals surface area (Å²) in [5.41, 5.74) is 8.11. The third-order valence-corrected chi connectivity index (χ3v) is 5.98. The molecule has 0 bridgehead atoms. The topological polar surface area (TPSA) is 127 Å². The number of nitrogens with two attached hydrogens (primary N) is 1. The standard InChI is InChI=1S/C23H26ClN7O3/c1-2-34-13-19-23(33)30(12-15-5-6-16-18(10-15)28-14-29-22(16)25)8-9-31(19)20(32)11-27-17-4-3-7-26-21(17)24/h3-7,10,14,19,27H,2,8-9,11-13H2,1H3,(H2,25,28,29)/t19-/m0/s1. The van der Waals surface area contributed by atoms with Gasteiger partial charge in [0.2, 0.25) is 11.8 Å². The van der Waals surface area contributed by atoms with E-state index in [0.29, 0.717) is 37.7 Å². The lowest BCUT2D eigenvalue weighted by atomic mass is 10.1. The molecule has 1 atom stereocenters. The van der Waals surface area contributed by atoms with Crippen LogP contribution >= 0.6 is 11.6 Å². The molecule has 178 valence electrons. The lowest BCUT2D eigenvalue weighted by Gasteiger charge is -2.40. The molecule has 34 heavy (non-hydrogen) atoms. The van der Waals surface area contributed by atoms with Crippen molar-refractivity contribution < 1.29 is 14.3 Å². The molecule has 1 saturated heterocycles. The number of nitrogens with zero attached hydrogens (tertiary/aromatic N) is 5. The number of carbonyl (C=O) groups is 2. The number of hydrogen-bond donors (Lipinski definition) is 2. The van der Waals surface area contributed by atoms with E-state index in [1.807, 2.05) is 25.1 Å². The summed E-state index contributed by atoms with van der Waals surface area (Å²) in [6, 6.07) is 8.43. The van der Waals surface area contributed by atoms with E-state index in [9.17, 15) is 9.59 Å². The van der Waals surface area contributed by atoms with Crippen LogP contribution in [0.2, 0.25) is 5.15 Å². The van der Waals surface area contributed by atoms with Crippen LogP contribution in [0.5, 0.6) is 0 Å².